The van der Waals surface area contributed by atoms with Gasteiger partial charge in [-0.25, -0.2) is 9.78 Å². The smallest absolute Gasteiger partial charge is 0.435 e. The van der Waals surface area contributed by atoms with E-state index in [1.807, 2.05) is 26.8 Å². The summed E-state index contributed by atoms with van der Waals surface area (Å²) in [5, 5.41) is 1.70. The Labute approximate surface area is 117 Å². The van der Waals surface area contributed by atoms with Gasteiger partial charge in [-0.1, -0.05) is 17.7 Å². The largest absolute Gasteiger partial charge is 0.442 e. The van der Waals surface area contributed by atoms with Crippen molar-refractivity contribution in [1.82, 2.24) is 10.0 Å². The maximum atomic E-state index is 12.0. The molecule has 0 N–H and O–H groups in total. The van der Waals surface area contributed by atoms with Crippen LogP contribution in [0.3, 0.4) is 0 Å². The minimum Gasteiger partial charge on any atom is -0.442 e. The van der Waals surface area contributed by atoms with Gasteiger partial charge in [-0.3, -0.25) is 4.84 Å². The Hall–Kier alpha value is -1.33. The van der Waals surface area contributed by atoms with E-state index in [-0.39, 0.29) is 6.04 Å². The Morgan fingerprint density at radius 3 is 2.84 bits per heavy atom. The molecule has 1 fully saturated rings. The molecule has 0 aromatic carbocycles. The maximum Gasteiger partial charge on any atom is 0.435 e. The first-order valence-corrected chi connectivity index (χ1v) is 6.51. The highest BCUT2D eigenvalue weighted by molar-refractivity contribution is 6.29. The molecule has 1 aromatic rings. The number of ether oxygens (including phenoxy) is 1. The Morgan fingerprint density at radius 1 is 1.53 bits per heavy atom. The second-order valence-electron chi connectivity index (χ2n) is 5.36. The van der Waals surface area contributed by atoms with E-state index in [4.69, 9.17) is 21.2 Å². The number of hydrogen-bond donors (Lipinski definition) is 0. The highest BCUT2D eigenvalue weighted by atomic mass is 35.5. The van der Waals surface area contributed by atoms with E-state index >= 15 is 0 Å². The molecule has 1 saturated heterocycles. The highest BCUT2D eigenvalue weighted by Crippen LogP contribution is 2.31. The van der Waals surface area contributed by atoms with Gasteiger partial charge < -0.3 is 4.74 Å². The van der Waals surface area contributed by atoms with Crippen LogP contribution in [0, 0.1) is 0 Å². The van der Waals surface area contributed by atoms with Crippen LogP contribution < -0.4 is 0 Å². The molecule has 0 aliphatic carbocycles. The average Bonchev–Trinajstić information content (AvgIpc) is 2.76. The van der Waals surface area contributed by atoms with E-state index in [0.717, 1.165) is 5.56 Å². The number of carbonyl (C=O) groups is 1. The van der Waals surface area contributed by atoms with E-state index in [1.165, 1.54) is 5.06 Å². The van der Waals surface area contributed by atoms with Crippen LogP contribution in [0.2, 0.25) is 5.15 Å². The fourth-order valence-corrected chi connectivity index (χ4v) is 1.95. The van der Waals surface area contributed by atoms with E-state index in [9.17, 15) is 4.79 Å². The number of halogens is 1. The van der Waals surface area contributed by atoms with Gasteiger partial charge in [0.25, 0.3) is 0 Å². The van der Waals surface area contributed by atoms with Crippen LogP contribution in [-0.2, 0) is 9.57 Å². The molecule has 6 heteroatoms. The van der Waals surface area contributed by atoms with Gasteiger partial charge in [-0.15, -0.1) is 0 Å². The Morgan fingerprint density at radius 2 is 2.26 bits per heavy atom. The molecule has 0 saturated carbocycles. The lowest BCUT2D eigenvalue weighted by Crippen LogP contribution is -2.35. The van der Waals surface area contributed by atoms with Gasteiger partial charge in [0, 0.05) is 12.6 Å². The Balaban J connectivity index is 2.12. The van der Waals surface area contributed by atoms with Gasteiger partial charge in [0.05, 0.1) is 12.6 Å². The number of nitrogens with zero attached hydrogens (tertiary/aromatic N) is 2. The van der Waals surface area contributed by atoms with Crippen LogP contribution in [-0.4, -0.2) is 28.3 Å². The third-order valence-electron chi connectivity index (χ3n) is 2.61. The molecule has 1 aliphatic rings. The standard InChI is InChI=1S/C13H17ClN2O3/c1-13(2,3)19-12(17)16-10(6-7-18-16)9-4-5-11(14)15-8-9/h4-5,8,10H,6-7H2,1-3H3. The topological polar surface area (TPSA) is 51.7 Å². The molecule has 1 atom stereocenters. The van der Waals surface area contributed by atoms with Crippen LogP contribution in [0.4, 0.5) is 4.79 Å². The number of amides is 1. The summed E-state index contributed by atoms with van der Waals surface area (Å²) in [6.07, 6.45) is 1.88. The summed E-state index contributed by atoms with van der Waals surface area (Å²) in [6, 6.07) is 3.36. The lowest BCUT2D eigenvalue weighted by atomic mass is 10.1. The van der Waals surface area contributed by atoms with Crippen molar-refractivity contribution in [2.45, 2.75) is 38.8 Å². The minimum atomic E-state index is -0.550. The molecule has 2 rings (SSSR count). The van der Waals surface area contributed by atoms with Gasteiger partial charge in [0.1, 0.15) is 10.8 Å². The number of aromatic nitrogens is 1. The molecule has 104 valence electrons. The van der Waals surface area contributed by atoms with Crippen molar-refractivity contribution < 1.29 is 14.4 Å². The number of carbonyl (C=O) groups excluding carboxylic acids is 1. The molecule has 1 amide bonds. The fraction of sp³-hybridized carbons (Fsp3) is 0.538. The van der Waals surface area contributed by atoms with Gasteiger partial charge in [-0.2, -0.15) is 5.06 Å². The molecular formula is C13H17ClN2O3. The van der Waals surface area contributed by atoms with Crippen LogP contribution >= 0.6 is 11.6 Å². The quantitative estimate of drug-likeness (QED) is 0.742. The van der Waals surface area contributed by atoms with Crippen molar-refractivity contribution in [3.63, 3.8) is 0 Å². The molecule has 2 heterocycles. The third-order valence-corrected chi connectivity index (χ3v) is 2.84. The number of hydrogen-bond acceptors (Lipinski definition) is 4. The molecule has 0 spiro atoms. The summed E-state index contributed by atoms with van der Waals surface area (Å²) in [7, 11) is 0. The van der Waals surface area contributed by atoms with Gasteiger partial charge in [0.15, 0.2) is 0 Å². The normalized spacial score (nSPS) is 19.6. The van der Waals surface area contributed by atoms with E-state index in [0.29, 0.717) is 18.2 Å². The predicted octanol–water partition coefficient (Wildman–Crippen LogP) is 3.35. The van der Waals surface area contributed by atoms with Gasteiger partial charge in [0.2, 0.25) is 0 Å². The van der Waals surface area contributed by atoms with Crippen LogP contribution in [0.25, 0.3) is 0 Å². The lowest BCUT2D eigenvalue weighted by Gasteiger charge is -2.27. The first-order valence-electron chi connectivity index (χ1n) is 6.13. The summed E-state index contributed by atoms with van der Waals surface area (Å²) >= 11 is 5.76. The van der Waals surface area contributed by atoms with Crippen LogP contribution in [0.5, 0.6) is 0 Å². The number of pyridine rings is 1. The Bertz CT molecular complexity index is 456. The molecule has 1 unspecified atom stereocenters. The summed E-state index contributed by atoms with van der Waals surface area (Å²) in [5.41, 5.74) is 0.332. The SMILES string of the molecule is CC(C)(C)OC(=O)N1OCCC1c1ccc(Cl)nc1. The van der Waals surface area contributed by atoms with E-state index in [2.05, 4.69) is 4.98 Å². The summed E-state index contributed by atoms with van der Waals surface area (Å²) in [4.78, 5) is 21.4. The maximum absolute atomic E-state index is 12.0. The first-order chi connectivity index (χ1) is 8.87. The first kappa shape index (κ1) is 14.1. The minimum absolute atomic E-state index is 0.181. The second-order valence-corrected chi connectivity index (χ2v) is 5.75. The molecule has 1 aromatic heterocycles. The second kappa shape index (κ2) is 5.35. The van der Waals surface area contributed by atoms with Crippen LogP contribution in [0.1, 0.15) is 38.8 Å². The van der Waals surface area contributed by atoms with Gasteiger partial charge >= 0.3 is 6.09 Å². The third kappa shape index (κ3) is 3.58. The van der Waals surface area contributed by atoms with Crippen molar-refractivity contribution in [3.8, 4) is 0 Å². The van der Waals surface area contributed by atoms with Crippen LogP contribution in [0.15, 0.2) is 18.3 Å². The van der Waals surface area contributed by atoms with Crippen molar-refractivity contribution in [2.24, 2.45) is 0 Å². The molecule has 0 bridgehead atoms. The number of rotatable bonds is 1. The lowest BCUT2D eigenvalue weighted by molar-refractivity contribution is -0.125. The molecule has 0 radical (unpaired) electrons. The van der Waals surface area contributed by atoms with Crippen molar-refractivity contribution in [3.05, 3.63) is 29.0 Å². The molecule has 19 heavy (non-hydrogen) atoms. The predicted molar refractivity (Wildman–Crippen MR) is 70.6 cm³/mol. The van der Waals surface area contributed by atoms with Gasteiger partial charge in [-0.05, 0) is 32.4 Å². The zero-order valence-corrected chi connectivity index (χ0v) is 12.0. The van der Waals surface area contributed by atoms with E-state index in [1.54, 1.807) is 12.3 Å². The monoisotopic (exact) mass is 284 g/mol. The highest BCUT2D eigenvalue weighted by Gasteiger charge is 2.35. The Kier molecular flexibility index (Phi) is 3.96. The zero-order valence-electron chi connectivity index (χ0n) is 11.2. The van der Waals surface area contributed by atoms with Crippen molar-refractivity contribution in [1.29, 1.82) is 0 Å². The van der Waals surface area contributed by atoms with Crippen molar-refractivity contribution >= 4 is 17.7 Å². The zero-order chi connectivity index (χ0) is 14.0. The fourth-order valence-electron chi connectivity index (χ4n) is 1.84. The van der Waals surface area contributed by atoms with Crippen molar-refractivity contribution in [2.75, 3.05) is 6.61 Å². The molecular weight excluding hydrogens is 268 g/mol. The van der Waals surface area contributed by atoms with E-state index < -0.39 is 11.7 Å². The summed E-state index contributed by atoms with van der Waals surface area (Å²) in [6.45, 7) is 5.94. The summed E-state index contributed by atoms with van der Waals surface area (Å²) < 4.78 is 5.31. The number of hydroxylamine groups is 2. The molecule has 1 aliphatic heterocycles. The average molecular weight is 285 g/mol. The summed E-state index contributed by atoms with van der Waals surface area (Å²) in [5.74, 6) is 0. The molecule has 5 nitrogen and oxygen atoms in total.